The first-order valence-electron chi connectivity index (χ1n) is 6.49. The molecule has 1 aliphatic heterocycles. The molecule has 0 aliphatic carbocycles. The van der Waals surface area contributed by atoms with Gasteiger partial charge in [0.25, 0.3) is 0 Å². The van der Waals surface area contributed by atoms with Crippen LogP contribution in [-0.2, 0) is 12.0 Å². The van der Waals surface area contributed by atoms with E-state index in [1.54, 1.807) is 0 Å². The number of halogens is 1. The number of benzene rings is 2. The highest BCUT2D eigenvalue weighted by Gasteiger charge is 2.36. The minimum absolute atomic E-state index is 0. The molecule has 2 aromatic rings. The van der Waals surface area contributed by atoms with E-state index in [2.05, 4.69) is 23.5 Å². The largest absolute Gasteiger partial charge is 1.00 e. The maximum atomic E-state index is 11.1. The predicted molar refractivity (Wildman–Crippen MR) is 71.2 cm³/mol. The number of quaternary nitrogens is 1. The minimum Gasteiger partial charge on any atom is -1.00 e. The Morgan fingerprint density at radius 3 is 2.42 bits per heavy atom. The Labute approximate surface area is 119 Å². The molecular weight excluding hydrogens is 258 g/mol. The Morgan fingerprint density at radius 1 is 0.947 bits per heavy atom. The highest BCUT2D eigenvalue weighted by molar-refractivity contribution is 5.41. The van der Waals surface area contributed by atoms with Crippen LogP contribution in [0.5, 0.6) is 0 Å². The number of hydrogen-bond donors (Lipinski definition) is 2. The molecule has 3 rings (SSSR count). The SMILES string of the molecule is OC1(c2ccccc2)C[NH2+]CCc2ccccc21.[Cl-]. The lowest BCUT2D eigenvalue weighted by atomic mass is 9.84. The van der Waals surface area contributed by atoms with Gasteiger partial charge in [-0.05, 0) is 16.7 Å². The number of fused-ring (bicyclic) bond motifs is 1. The number of rotatable bonds is 1. The van der Waals surface area contributed by atoms with Gasteiger partial charge in [0, 0.05) is 6.42 Å². The predicted octanol–water partition coefficient (Wildman–Crippen LogP) is -1.95. The van der Waals surface area contributed by atoms with Crippen molar-refractivity contribution < 1.29 is 22.8 Å². The summed E-state index contributed by atoms with van der Waals surface area (Å²) in [6, 6.07) is 18.2. The van der Waals surface area contributed by atoms with Crippen molar-refractivity contribution in [3.63, 3.8) is 0 Å². The molecule has 19 heavy (non-hydrogen) atoms. The van der Waals surface area contributed by atoms with Gasteiger partial charge >= 0.3 is 0 Å². The molecule has 0 spiro atoms. The molecule has 0 fully saturated rings. The van der Waals surface area contributed by atoms with Gasteiger partial charge in [-0.2, -0.15) is 0 Å². The third kappa shape index (κ3) is 2.52. The smallest absolute Gasteiger partial charge is 0.164 e. The highest BCUT2D eigenvalue weighted by Crippen LogP contribution is 2.31. The van der Waals surface area contributed by atoms with Crippen LogP contribution in [0.15, 0.2) is 54.6 Å². The van der Waals surface area contributed by atoms with Gasteiger partial charge in [0.05, 0.1) is 6.54 Å². The summed E-state index contributed by atoms with van der Waals surface area (Å²) in [4.78, 5) is 0. The Morgan fingerprint density at radius 2 is 1.63 bits per heavy atom. The quantitative estimate of drug-likeness (QED) is 0.624. The second-order valence-electron chi connectivity index (χ2n) is 4.91. The van der Waals surface area contributed by atoms with Crippen molar-refractivity contribution >= 4 is 0 Å². The Bertz CT molecular complexity index is 543. The zero-order valence-electron chi connectivity index (χ0n) is 10.7. The lowest BCUT2D eigenvalue weighted by Crippen LogP contribution is -3.00. The molecule has 0 aromatic heterocycles. The van der Waals surface area contributed by atoms with Crippen molar-refractivity contribution in [1.82, 2.24) is 0 Å². The van der Waals surface area contributed by atoms with Crippen LogP contribution in [0.4, 0.5) is 0 Å². The van der Waals surface area contributed by atoms with Crippen molar-refractivity contribution in [2.24, 2.45) is 0 Å². The van der Waals surface area contributed by atoms with Crippen LogP contribution in [0.2, 0.25) is 0 Å². The molecule has 1 heterocycles. The zero-order valence-corrected chi connectivity index (χ0v) is 11.5. The van der Waals surface area contributed by atoms with Gasteiger partial charge in [-0.1, -0.05) is 54.6 Å². The molecule has 1 aliphatic rings. The first kappa shape index (κ1) is 14.1. The van der Waals surface area contributed by atoms with Gasteiger partial charge < -0.3 is 22.8 Å². The first-order valence-corrected chi connectivity index (χ1v) is 6.49. The molecular formula is C16H18ClNO. The summed E-state index contributed by atoms with van der Waals surface area (Å²) in [5.41, 5.74) is 2.44. The van der Waals surface area contributed by atoms with E-state index in [0.29, 0.717) is 6.54 Å². The van der Waals surface area contributed by atoms with Crippen LogP contribution in [0.1, 0.15) is 16.7 Å². The average molecular weight is 276 g/mol. The lowest BCUT2D eigenvalue weighted by molar-refractivity contribution is -0.665. The standard InChI is InChI=1S/C16H17NO.ClH/c18-16(14-7-2-1-3-8-14)12-17-11-10-13-6-4-5-9-15(13)16;/h1-9,17-18H,10-12H2;1H. The number of nitrogens with two attached hydrogens (primary N) is 1. The van der Waals surface area contributed by atoms with Gasteiger partial charge in [-0.15, -0.1) is 0 Å². The third-order valence-electron chi connectivity index (χ3n) is 3.77. The van der Waals surface area contributed by atoms with Gasteiger partial charge in [0.2, 0.25) is 0 Å². The first-order chi connectivity index (χ1) is 8.81. The molecule has 0 amide bonds. The Balaban J connectivity index is 0.00000133. The fraction of sp³-hybridized carbons (Fsp3) is 0.250. The summed E-state index contributed by atoms with van der Waals surface area (Å²) >= 11 is 0. The van der Waals surface area contributed by atoms with E-state index in [9.17, 15) is 5.11 Å². The Kier molecular flexibility index (Phi) is 4.25. The zero-order chi connectivity index (χ0) is 12.4. The van der Waals surface area contributed by atoms with Crippen LogP contribution < -0.4 is 17.7 Å². The summed E-state index contributed by atoms with van der Waals surface area (Å²) in [7, 11) is 0. The molecule has 0 saturated heterocycles. The normalized spacial score (nSPS) is 21.9. The maximum Gasteiger partial charge on any atom is 0.164 e. The van der Waals surface area contributed by atoms with E-state index in [0.717, 1.165) is 24.1 Å². The van der Waals surface area contributed by atoms with Crippen LogP contribution in [0, 0.1) is 0 Å². The molecule has 2 aromatic carbocycles. The third-order valence-corrected chi connectivity index (χ3v) is 3.77. The van der Waals surface area contributed by atoms with Gasteiger partial charge in [-0.25, -0.2) is 0 Å². The van der Waals surface area contributed by atoms with Crippen LogP contribution in [0.25, 0.3) is 0 Å². The molecule has 2 nitrogen and oxygen atoms in total. The van der Waals surface area contributed by atoms with Crippen molar-refractivity contribution in [2.45, 2.75) is 12.0 Å². The molecule has 0 saturated carbocycles. The van der Waals surface area contributed by atoms with E-state index in [1.165, 1.54) is 5.56 Å². The topological polar surface area (TPSA) is 36.8 Å². The monoisotopic (exact) mass is 275 g/mol. The van der Waals surface area contributed by atoms with Crippen LogP contribution in [0.3, 0.4) is 0 Å². The van der Waals surface area contributed by atoms with E-state index in [-0.39, 0.29) is 12.4 Å². The van der Waals surface area contributed by atoms with Crippen molar-refractivity contribution in [1.29, 1.82) is 0 Å². The molecule has 0 bridgehead atoms. The summed E-state index contributed by atoms with van der Waals surface area (Å²) in [5.74, 6) is 0. The number of aliphatic hydroxyl groups is 1. The molecule has 0 radical (unpaired) electrons. The summed E-state index contributed by atoms with van der Waals surface area (Å²) in [6.45, 7) is 1.72. The van der Waals surface area contributed by atoms with E-state index >= 15 is 0 Å². The fourth-order valence-electron chi connectivity index (χ4n) is 2.81. The molecule has 1 unspecified atom stereocenters. The minimum atomic E-state index is -0.867. The lowest BCUT2D eigenvalue weighted by Gasteiger charge is -2.27. The van der Waals surface area contributed by atoms with Gasteiger partial charge in [0.1, 0.15) is 6.54 Å². The van der Waals surface area contributed by atoms with Crippen LogP contribution in [-0.4, -0.2) is 18.2 Å². The summed E-state index contributed by atoms with van der Waals surface area (Å²) < 4.78 is 0. The van der Waals surface area contributed by atoms with E-state index in [4.69, 9.17) is 0 Å². The molecule has 3 N–H and O–H groups in total. The van der Waals surface area contributed by atoms with E-state index in [1.807, 2.05) is 36.4 Å². The second kappa shape index (κ2) is 5.74. The Hall–Kier alpha value is -1.35. The maximum absolute atomic E-state index is 11.1. The molecule has 1 atom stereocenters. The van der Waals surface area contributed by atoms with Crippen LogP contribution >= 0.6 is 0 Å². The molecule has 3 heteroatoms. The second-order valence-corrected chi connectivity index (χ2v) is 4.91. The van der Waals surface area contributed by atoms with E-state index < -0.39 is 5.60 Å². The molecule has 100 valence electrons. The average Bonchev–Trinajstić information content (AvgIpc) is 2.61. The van der Waals surface area contributed by atoms with Gasteiger partial charge in [-0.3, -0.25) is 0 Å². The van der Waals surface area contributed by atoms with Crippen molar-refractivity contribution in [2.75, 3.05) is 13.1 Å². The van der Waals surface area contributed by atoms with Crippen molar-refractivity contribution in [3.8, 4) is 0 Å². The summed E-state index contributed by atoms with van der Waals surface area (Å²) in [5, 5.41) is 13.3. The number of hydrogen-bond acceptors (Lipinski definition) is 1. The highest BCUT2D eigenvalue weighted by atomic mass is 35.5. The fourth-order valence-corrected chi connectivity index (χ4v) is 2.81. The summed E-state index contributed by atoms with van der Waals surface area (Å²) in [6.07, 6.45) is 1.02. The van der Waals surface area contributed by atoms with Gasteiger partial charge in [0.15, 0.2) is 5.60 Å². The van der Waals surface area contributed by atoms with Crippen molar-refractivity contribution in [3.05, 3.63) is 71.3 Å².